The van der Waals surface area contributed by atoms with Gasteiger partial charge in [0.15, 0.2) is 0 Å². The van der Waals surface area contributed by atoms with E-state index in [-0.39, 0.29) is 6.61 Å². The van der Waals surface area contributed by atoms with Crippen LogP contribution in [0.15, 0.2) is 48.5 Å². The van der Waals surface area contributed by atoms with Gasteiger partial charge in [0.1, 0.15) is 23.1 Å². The first kappa shape index (κ1) is 17.0. The van der Waals surface area contributed by atoms with Gasteiger partial charge in [0.05, 0.1) is 24.4 Å². The van der Waals surface area contributed by atoms with E-state index in [4.69, 9.17) is 14.2 Å². The number of fused-ring (bicyclic) bond motifs is 1. The predicted molar refractivity (Wildman–Crippen MR) is 98.0 cm³/mol. The van der Waals surface area contributed by atoms with Crippen LogP contribution in [0.2, 0.25) is 0 Å². The van der Waals surface area contributed by atoms with Crippen molar-refractivity contribution in [2.24, 2.45) is 0 Å². The summed E-state index contributed by atoms with van der Waals surface area (Å²) in [5.41, 5.74) is 1.68. The van der Waals surface area contributed by atoms with Crippen LogP contribution in [0.1, 0.15) is 10.6 Å². The van der Waals surface area contributed by atoms with Crippen molar-refractivity contribution >= 4 is 33.6 Å². The molecule has 25 heavy (non-hydrogen) atoms. The average Bonchev–Trinajstić information content (AvgIpc) is 3.07. The van der Waals surface area contributed by atoms with Crippen molar-refractivity contribution < 1.29 is 19.0 Å². The van der Waals surface area contributed by atoms with Gasteiger partial charge in [-0.25, -0.2) is 9.78 Å². The molecule has 3 aromatic rings. The average molecular weight is 355 g/mol. The van der Waals surface area contributed by atoms with Crippen molar-refractivity contribution in [2.45, 2.75) is 6.61 Å². The zero-order valence-electron chi connectivity index (χ0n) is 13.9. The second kappa shape index (κ2) is 7.81. The van der Waals surface area contributed by atoms with E-state index in [0.29, 0.717) is 11.5 Å². The van der Waals surface area contributed by atoms with E-state index in [1.807, 2.05) is 30.3 Å². The van der Waals surface area contributed by atoms with Crippen LogP contribution in [0.3, 0.4) is 0 Å². The molecule has 0 spiro atoms. The lowest BCUT2D eigenvalue weighted by Gasteiger charge is -2.07. The van der Waals surface area contributed by atoms with Crippen LogP contribution in [0.4, 0.5) is 0 Å². The Balaban J connectivity index is 1.63. The fourth-order valence-electron chi connectivity index (χ4n) is 2.28. The molecule has 128 valence electrons. The molecule has 0 unspecified atom stereocenters. The highest BCUT2D eigenvalue weighted by molar-refractivity contribution is 7.18. The number of benzene rings is 2. The number of rotatable bonds is 6. The number of carbonyl (C=O) groups is 1. The summed E-state index contributed by atoms with van der Waals surface area (Å²) in [5, 5.41) is 0.768. The maximum atomic E-state index is 11.9. The summed E-state index contributed by atoms with van der Waals surface area (Å²) < 4.78 is 16.8. The Bertz CT molecular complexity index is 884. The summed E-state index contributed by atoms with van der Waals surface area (Å²) in [6, 6.07) is 13.2. The number of esters is 1. The van der Waals surface area contributed by atoms with Gasteiger partial charge in [0.25, 0.3) is 0 Å². The summed E-state index contributed by atoms with van der Waals surface area (Å²) in [4.78, 5) is 16.4. The van der Waals surface area contributed by atoms with Crippen LogP contribution in [-0.4, -0.2) is 25.2 Å². The molecule has 1 heterocycles. The number of nitrogens with zero attached hydrogens (tertiary/aromatic N) is 1. The minimum absolute atomic E-state index is 0.155. The molecule has 0 saturated carbocycles. The first-order chi connectivity index (χ1) is 12.2. The molecule has 6 heteroatoms. The van der Waals surface area contributed by atoms with Crippen LogP contribution in [0.5, 0.6) is 11.5 Å². The van der Waals surface area contributed by atoms with E-state index < -0.39 is 5.97 Å². The first-order valence-electron chi connectivity index (χ1n) is 7.61. The van der Waals surface area contributed by atoms with Crippen LogP contribution in [0.25, 0.3) is 16.3 Å². The highest BCUT2D eigenvalue weighted by Crippen LogP contribution is 2.26. The van der Waals surface area contributed by atoms with E-state index in [1.165, 1.54) is 17.4 Å². The van der Waals surface area contributed by atoms with Crippen LogP contribution in [0, 0.1) is 0 Å². The maximum absolute atomic E-state index is 11.9. The van der Waals surface area contributed by atoms with E-state index in [9.17, 15) is 4.79 Å². The number of methoxy groups -OCH3 is 2. The van der Waals surface area contributed by atoms with Gasteiger partial charge in [-0.05, 0) is 30.3 Å². The Morgan fingerprint density at radius 1 is 1.16 bits per heavy atom. The second-order valence-corrected chi connectivity index (χ2v) is 6.24. The predicted octanol–water partition coefficient (Wildman–Crippen LogP) is 4.07. The molecule has 0 N–H and O–H groups in total. The van der Waals surface area contributed by atoms with Crippen LogP contribution in [-0.2, 0) is 16.1 Å². The lowest BCUT2D eigenvalue weighted by atomic mass is 10.2. The smallest absolute Gasteiger partial charge is 0.331 e. The summed E-state index contributed by atoms with van der Waals surface area (Å²) in [6.45, 7) is 0.155. The largest absolute Gasteiger partial charge is 0.497 e. The standard InChI is InChI=1S/C19H17NO4S/c1-22-14-9-7-13(16(11-14)23-2)8-10-19(21)24-12-18-20-15-5-3-4-6-17(15)25-18/h3-11H,12H2,1-2H3. The fourth-order valence-corrected chi connectivity index (χ4v) is 3.16. The number of para-hydroxylation sites is 1. The third-order valence-corrected chi connectivity index (χ3v) is 4.53. The Morgan fingerprint density at radius 2 is 2.00 bits per heavy atom. The van der Waals surface area contributed by atoms with Crippen molar-refractivity contribution in [2.75, 3.05) is 14.2 Å². The Labute approximate surface area is 149 Å². The topological polar surface area (TPSA) is 57.7 Å². The van der Waals surface area contributed by atoms with Gasteiger partial charge in [0, 0.05) is 17.7 Å². The van der Waals surface area contributed by atoms with E-state index in [1.54, 1.807) is 32.4 Å². The molecule has 0 aliphatic carbocycles. The summed E-state index contributed by atoms with van der Waals surface area (Å²) in [7, 11) is 3.15. The van der Waals surface area contributed by atoms with Gasteiger partial charge >= 0.3 is 5.97 Å². The Hall–Kier alpha value is -2.86. The molecule has 3 rings (SSSR count). The van der Waals surface area contributed by atoms with E-state index >= 15 is 0 Å². The van der Waals surface area contributed by atoms with Gasteiger partial charge < -0.3 is 14.2 Å². The Morgan fingerprint density at radius 3 is 2.76 bits per heavy atom. The quantitative estimate of drug-likeness (QED) is 0.493. The van der Waals surface area contributed by atoms with Gasteiger partial charge in [-0.15, -0.1) is 11.3 Å². The molecule has 5 nitrogen and oxygen atoms in total. The van der Waals surface area contributed by atoms with Crippen LogP contribution >= 0.6 is 11.3 Å². The molecule has 1 aromatic heterocycles. The van der Waals surface area contributed by atoms with Gasteiger partial charge in [-0.2, -0.15) is 0 Å². The molecule has 0 aliphatic rings. The van der Waals surface area contributed by atoms with E-state index in [2.05, 4.69) is 4.98 Å². The van der Waals surface area contributed by atoms with Gasteiger partial charge in [0.2, 0.25) is 0 Å². The van der Waals surface area contributed by atoms with Crippen LogP contribution < -0.4 is 9.47 Å². The van der Waals surface area contributed by atoms with Crippen molar-refractivity contribution in [1.29, 1.82) is 0 Å². The molecule has 0 amide bonds. The van der Waals surface area contributed by atoms with Crippen molar-refractivity contribution in [3.05, 3.63) is 59.1 Å². The zero-order chi connectivity index (χ0) is 17.6. The highest BCUT2D eigenvalue weighted by Gasteiger charge is 2.06. The number of thiazole rings is 1. The molecule has 0 fully saturated rings. The Kier molecular flexibility index (Phi) is 5.30. The van der Waals surface area contributed by atoms with Gasteiger partial charge in [-0.1, -0.05) is 12.1 Å². The molecule has 0 radical (unpaired) electrons. The number of carbonyl (C=O) groups excluding carboxylic acids is 1. The van der Waals surface area contributed by atoms with Crippen molar-refractivity contribution in [3.8, 4) is 11.5 Å². The van der Waals surface area contributed by atoms with Crippen molar-refractivity contribution in [3.63, 3.8) is 0 Å². The number of hydrogen-bond acceptors (Lipinski definition) is 6. The maximum Gasteiger partial charge on any atom is 0.331 e. The first-order valence-corrected chi connectivity index (χ1v) is 8.42. The molecule has 0 aliphatic heterocycles. The highest BCUT2D eigenvalue weighted by atomic mass is 32.1. The number of hydrogen-bond donors (Lipinski definition) is 0. The minimum Gasteiger partial charge on any atom is -0.497 e. The molecular formula is C19H17NO4S. The molecule has 2 aromatic carbocycles. The monoisotopic (exact) mass is 355 g/mol. The number of aromatic nitrogens is 1. The zero-order valence-corrected chi connectivity index (χ0v) is 14.7. The summed E-state index contributed by atoms with van der Waals surface area (Å²) in [6.07, 6.45) is 3.02. The fraction of sp³-hybridized carbons (Fsp3) is 0.158. The van der Waals surface area contributed by atoms with Gasteiger partial charge in [-0.3, -0.25) is 0 Å². The normalized spacial score (nSPS) is 11.0. The molecule has 0 saturated heterocycles. The lowest BCUT2D eigenvalue weighted by molar-refractivity contribution is -0.138. The second-order valence-electron chi connectivity index (χ2n) is 5.12. The molecular weight excluding hydrogens is 338 g/mol. The molecule has 0 bridgehead atoms. The van der Waals surface area contributed by atoms with Crippen molar-refractivity contribution in [1.82, 2.24) is 4.98 Å². The summed E-state index contributed by atoms with van der Waals surface area (Å²) >= 11 is 1.52. The summed E-state index contributed by atoms with van der Waals surface area (Å²) in [5.74, 6) is 0.874. The number of ether oxygens (including phenoxy) is 3. The SMILES string of the molecule is COc1ccc(C=CC(=O)OCc2nc3ccccc3s2)c(OC)c1. The molecule has 0 atom stereocenters. The lowest BCUT2D eigenvalue weighted by Crippen LogP contribution is -2.00. The third-order valence-electron chi connectivity index (χ3n) is 3.52. The van der Waals surface area contributed by atoms with E-state index in [0.717, 1.165) is 20.8 Å². The minimum atomic E-state index is -0.433. The third kappa shape index (κ3) is 4.16.